The Labute approximate surface area is 191 Å². The normalized spacial score (nSPS) is 16.8. The van der Waals surface area contributed by atoms with Crippen LogP contribution in [0.4, 0.5) is 0 Å². The molecule has 4 rings (SSSR count). The fraction of sp³-hybridized carbons (Fsp3) is 0.364. The van der Waals surface area contributed by atoms with Gasteiger partial charge in [0.1, 0.15) is 0 Å². The van der Waals surface area contributed by atoms with E-state index in [0.29, 0.717) is 24.7 Å². The molecule has 1 atom stereocenters. The molecule has 0 bridgehead atoms. The van der Waals surface area contributed by atoms with E-state index in [1.807, 2.05) is 6.07 Å². The van der Waals surface area contributed by atoms with Crippen LogP contribution in [-0.2, 0) is 24.3 Å². The molecule has 1 saturated heterocycles. The third-order valence-corrected chi connectivity index (χ3v) is 7.22. The summed E-state index contributed by atoms with van der Waals surface area (Å²) in [4.78, 5) is 24.6. The SMILES string of the molecule is CC(NC(=O)COC(=O)c1ccc(S(=O)(=O)N2CCOCC2)cc1)c1ccc2c(c1)OCO2. The first-order chi connectivity index (χ1) is 15.8. The lowest BCUT2D eigenvalue weighted by Gasteiger charge is -2.26. The first kappa shape index (κ1) is 23.0. The van der Waals surface area contributed by atoms with Crippen molar-refractivity contribution in [2.45, 2.75) is 17.9 Å². The number of benzene rings is 2. The molecule has 1 amide bonds. The molecule has 2 aliphatic heterocycles. The highest BCUT2D eigenvalue weighted by Crippen LogP contribution is 2.34. The Morgan fingerprint density at radius 3 is 2.48 bits per heavy atom. The Morgan fingerprint density at radius 2 is 1.76 bits per heavy atom. The standard InChI is InChI=1S/C22H24N2O8S/c1-15(17-4-7-19-20(12-17)32-14-31-19)23-21(25)13-30-22(26)16-2-5-18(6-3-16)33(27,28)24-8-10-29-11-9-24/h2-7,12,15H,8-11,13-14H2,1H3,(H,23,25). The van der Waals surface area contributed by atoms with Crippen molar-refractivity contribution in [2.75, 3.05) is 39.7 Å². The van der Waals surface area contributed by atoms with Crippen molar-refractivity contribution >= 4 is 21.9 Å². The van der Waals surface area contributed by atoms with Crippen LogP contribution in [0.3, 0.4) is 0 Å². The van der Waals surface area contributed by atoms with Crippen LogP contribution in [0, 0.1) is 0 Å². The summed E-state index contributed by atoms with van der Waals surface area (Å²) in [5, 5.41) is 2.75. The minimum absolute atomic E-state index is 0.0799. The topological polar surface area (TPSA) is 120 Å². The maximum atomic E-state index is 12.7. The van der Waals surface area contributed by atoms with Crippen LogP contribution in [-0.4, -0.2) is 64.3 Å². The molecule has 11 heteroatoms. The number of carbonyl (C=O) groups excluding carboxylic acids is 2. The number of rotatable bonds is 7. The van der Waals surface area contributed by atoms with Crippen molar-refractivity contribution in [1.82, 2.24) is 9.62 Å². The van der Waals surface area contributed by atoms with Crippen LogP contribution in [0.15, 0.2) is 47.4 Å². The monoisotopic (exact) mass is 476 g/mol. The van der Waals surface area contributed by atoms with Crippen LogP contribution >= 0.6 is 0 Å². The molecule has 2 aromatic rings. The predicted molar refractivity (Wildman–Crippen MR) is 115 cm³/mol. The predicted octanol–water partition coefficient (Wildman–Crippen LogP) is 1.47. The highest BCUT2D eigenvalue weighted by atomic mass is 32.2. The first-order valence-corrected chi connectivity index (χ1v) is 11.8. The minimum Gasteiger partial charge on any atom is -0.454 e. The van der Waals surface area contributed by atoms with Gasteiger partial charge in [0.15, 0.2) is 18.1 Å². The number of sulfonamides is 1. The van der Waals surface area contributed by atoms with Gasteiger partial charge >= 0.3 is 5.97 Å². The average Bonchev–Trinajstić information content (AvgIpc) is 3.31. The van der Waals surface area contributed by atoms with Crippen molar-refractivity contribution in [3.8, 4) is 11.5 Å². The van der Waals surface area contributed by atoms with Gasteiger partial charge in [-0.2, -0.15) is 4.31 Å². The highest BCUT2D eigenvalue weighted by molar-refractivity contribution is 7.89. The molecule has 0 spiro atoms. The quantitative estimate of drug-likeness (QED) is 0.597. The zero-order valence-corrected chi connectivity index (χ0v) is 18.8. The molecule has 176 valence electrons. The number of hydrogen-bond acceptors (Lipinski definition) is 8. The van der Waals surface area contributed by atoms with Gasteiger partial charge in [0.25, 0.3) is 5.91 Å². The molecule has 2 aliphatic rings. The van der Waals surface area contributed by atoms with Gasteiger partial charge in [0.05, 0.1) is 29.7 Å². The molecule has 1 unspecified atom stereocenters. The van der Waals surface area contributed by atoms with Gasteiger partial charge in [0.2, 0.25) is 16.8 Å². The Kier molecular flexibility index (Phi) is 6.82. The van der Waals surface area contributed by atoms with Gasteiger partial charge in [-0.3, -0.25) is 4.79 Å². The zero-order valence-electron chi connectivity index (χ0n) is 18.0. The van der Waals surface area contributed by atoms with Crippen LogP contribution in [0.1, 0.15) is 28.9 Å². The van der Waals surface area contributed by atoms with E-state index in [4.69, 9.17) is 18.9 Å². The number of hydrogen-bond donors (Lipinski definition) is 1. The maximum Gasteiger partial charge on any atom is 0.338 e. The van der Waals surface area contributed by atoms with E-state index in [2.05, 4.69) is 5.32 Å². The van der Waals surface area contributed by atoms with Gasteiger partial charge in [-0.25, -0.2) is 13.2 Å². The number of carbonyl (C=O) groups is 2. The van der Waals surface area contributed by atoms with Crippen molar-refractivity contribution in [2.24, 2.45) is 0 Å². The Hall–Kier alpha value is -3.15. The smallest absolute Gasteiger partial charge is 0.338 e. The Balaban J connectivity index is 1.29. The number of fused-ring (bicyclic) bond motifs is 1. The van der Waals surface area contributed by atoms with E-state index in [0.717, 1.165) is 5.56 Å². The maximum absolute atomic E-state index is 12.7. The Bertz CT molecular complexity index is 1130. The van der Waals surface area contributed by atoms with Crippen molar-refractivity contribution < 1.29 is 37.0 Å². The van der Waals surface area contributed by atoms with E-state index in [-0.39, 0.29) is 36.4 Å². The molecule has 10 nitrogen and oxygen atoms in total. The van der Waals surface area contributed by atoms with Crippen LogP contribution < -0.4 is 14.8 Å². The molecule has 33 heavy (non-hydrogen) atoms. The molecule has 1 fully saturated rings. The third-order valence-electron chi connectivity index (χ3n) is 5.31. The lowest BCUT2D eigenvalue weighted by Crippen LogP contribution is -2.40. The second kappa shape index (κ2) is 9.77. The lowest BCUT2D eigenvalue weighted by atomic mass is 10.1. The lowest BCUT2D eigenvalue weighted by molar-refractivity contribution is -0.124. The van der Waals surface area contributed by atoms with Crippen molar-refractivity contribution in [3.05, 3.63) is 53.6 Å². The van der Waals surface area contributed by atoms with E-state index in [1.165, 1.54) is 28.6 Å². The summed E-state index contributed by atoms with van der Waals surface area (Å²) in [7, 11) is -3.65. The van der Waals surface area contributed by atoms with Crippen LogP contribution in [0.2, 0.25) is 0 Å². The third kappa shape index (κ3) is 5.27. The summed E-state index contributed by atoms with van der Waals surface area (Å²) < 4.78 is 47.5. The van der Waals surface area contributed by atoms with Crippen LogP contribution in [0.5, 0.6) is 11.5 Å². The largest absolute Gasteiger partial charge is 0.454 e. The molecule has 0 aliphatic carbocycles. The van der Waals surface area contributed by atoms with Gasteiger partial charge in [0, 0.05) is 13.1 Å². The number of nitrogens with zero attached hydrogens (tertiary/aromatic N) is 1. The second-order valence-corrected chi connectivity index (χ2v) is 9.46. The summed E-state index contributed by atoms with van der Waals surface area (Å²) in [5.74, 6) is 0.0605. The fourth-order valence-electron chi connectivity index (χ4n) is 3.46. The fourth-order valence-corrected chi connectivity index (χ4v) is 4.87. The molecule has 0 aromatic heterocycles. The Morgan fingerprint density at radius 1 is 1.06 bits per heavy atom. The van der Waals surface area contributed by atoms with E-state index >= 15 is 0 Å². The van der Waals surface area contributed by atoms with Gasteiger partial charge in [-0.1, -0.05) is 6.07 Å². The number of amides is 1. The molecule has 2 aromatic carbocycles. The summed E-state index contributed by atoms with van der Waals surface area (Å²) in [6, 6.07) is 10.5. The summed E-state index contributed by atoms with van der Waals surface area (Å²) in [5.41, 5.74) is 0.962. The highest BCUT2D eigenvalue weighted by Gasteiger charge is 2.26. The number of esters is 1. The van der Waals surface area contributed by atoms with Gasteiger partial charge < -0.3 is 24.3 Å². The van der Waals surface area contributed by atoms with Gasteiger partial charge in [-0.05, 0) is 48.9 Å². The average molecular weight is 477 g/mol. The summed E-state index contributed by atoms with van der Waals surface area (Å²) in [6.45, 7) is 2.75. The number of nitrogens with one attached hydrogen (secondary N) is 1. The molecule has 1 N–H and O–H groups in total. The van der Waals surface area contributed by atoms with E-state index in [9.17, 15) is 18.0 Å². The van der Waals surface area contributed by atoms with Crippen LogP contribution in [0.25, 0.3) is 0 Å². The molecular formula is C22H24N2O8S. The van der Waals surface area contributed by atoms with Crippen molar-refractivity contribution in [3.63, 3.8) is 0 Å². The number of morpholine rings is 1. The van der Waals surface area contributed by atoms with E-state index < -0.39 is 28.5 Å². The van der Waals surface area contributed by atoms with E-state index in [1.54, 1.807) is 19.1 Å². The summed E-state index contributed by atoms with van der Waals surface area (Å²) >= 11 is 0. The van der Waals surface area contributed by atoms with Crippen molar-refractivity contribution in [1.29, 1.82) is 0 Å². The second-order valence-electron chi connectivity index (χ2n) is 7.52. The minimum atomic E-state index is -3.65. The summed E-state index contributed by atoms with van der Waals surface area (Å²) in [6.07, 6.45) is 0. The molecular weight excluding hydrogens is 452 g/mol. The first-order valence-electron chi connectivity index (χ1n) is 10.4. The molecule has 0 saturated carbocycles. The molecule has 0 radical (unpaired) electrons. The number of ether oxygens (including phenoxy) is 4. The molecule has 2 heterocycles. The zero-order chi connectivity index (χ0) is 23.4. The van der Waals surface area contributed by atoms with Gasteiger partial charge in [-0.15, -0.1) is 0 Å².